The van der Waals surface area contributed by atoms with Crippen LogP contribution in [0.3, 0.4) is 0 Å². The molecule has 4 heteroatoms. The quantitative estimate of drug-likeness (QED) is 0.583. The first-order valence-corrected chi connectivity index (χ1v) is 6.20. The number of esters is 1. The van der Waals surface area contributed by atoms with E-state index in [4.69, 9.17) is 9.84 Å². The van der Waals surface area contributed by atoms with Crippen molar-refractivity contribution in [3.05, 3.63) is 23.8 Å². The van der Waals surface area contributed by atoms with Gasteiger partial charge in [-0.3, -0.25) is 9.59 Å². The fourth-order valence-electron chi connectivity index (χ4n) is 2.01. The maximum Gasteiger partial charge on any atom is 0.306 e. The van der Waals surface area contributed by atoms with Gasteiger partial charge in [0.1, 0.15) is 5.60 Å². The van der Waals surface area contributed by atoms with Gasteiger partial charge >= 0.3 is 11.9 Å². The molecule has 1 rings (SSSR count). The second-order valence-electron chi connectivity index (χ2n) is 4.94. The van der Waals surface area contributed by atoms with Crippen molar-refractivity contribution in [1.29, 1.82) is 0 Å². The van der Waals surface area contributed by atoms with Gasteiger partial charge < -0.3 is 9.84 Å². The number of rotatable bonds is 6. The predicted octanol–water partition coefficient (Wildman–Crippen LogP) is 2.84. The molecule has 1 N–H and O–H groups in total. The Kier molecular flexibility index (Phi) is 5.13. The third-order valence-electron chi connectivity index (χ3n) is 2.83. The largest absolute Gasteiger partial charge is 0.481 e. The Morgan fingerprint density at radius 1 is 1.39 bits per heavy atom. The van der Waals surface area contributed by atoms with Crippen LogP contribution in [0.5, 0.6) is 0 Å². The van der Waals surface area contributed by atoms with Gasteiger partial charge in [0.25, 0.3) is 0 Å². The minimum atomic E-state index is -0.827. The highest BCUT2D eigenvalue weighted by molar-refractivity contribution is 5.70. The number of hydrogen-bond acceptors (Lipinski definition) is 3. The lowest BCUT2D eigenvalue weighted by Gasteiger charge is -2.28. The summed E-state index contributed by atoms with van der Waals surface area (Å²) >= 11 is 0. The van der Waals surface area contributed by atoms with Crippen LogP contribution in [0.4, 0.5) is 0 Å². The first-order valence-electron chi connectivity index (χ1n) is 6.20. The number of allylic oxidation sites excluding steroid dienone is 2. The molecule has 0 bridgehead atoms. The van der Waals surface area contributed by atoms with Crippen molar-refractivity contribution in [2.24, 2.45) is 0 Å². The first kappa shape index (κ1) is 14.5. The van der Waals surface area contributed by atoms with Crippen LogP contribution in [-0.4, -0.2) is 22.6 Å². The Balaban J connectivity index is 2.30. The van der Waals surface area contributed by atoms with E-state index in [0.29, 0.717) is 19.3 Å². The molecular formula is C14H20O4. The molecule has 1 aliphatic carbocycles. The van der Waals surface area contributed by atoms with Crippen molar-refractivity contribution in [1.82, 2.24) is 0 Å². The molecule has 0 spiro atoms. The Labute approximate surface area is 107 Å². The fraction of sp³-hybridized carbons (Fsp3) is 0.571. The van der Waals surface area contributed by atoms with Crippen LogP contribution in [0, 0.1) is 0 Å². The molecule has 18 heavy (non-hydrogen) atoms. The predicted molar refractivity (Wildman–Crippen MR) is 68.1 cm³/mol. The number of hydrogen-bond donors (Lipinski definition) is 1. The topological polar surface area (TPSA) is 63.6 Å². The molecule has 0 aliphatic heterocycles. The zero-order valence-corrected chi connectivity index (χ0v) is 10.9. The Morgan fingerprint density at radius 3 is 2.67 bits per heavy atom. The number of carbonyl (C=O) groups excluding carboxylic acids is 1. The Morgan fingerprint density at radius 2 is 2.06 bits per heavy atom. The van der Waals surface area contributed by atoms with E-state index in [2.05, 4.69) is 0 Å². The number of aliphatic carboxylic acids is 1. The molecule has 4 nitrogen and oxygen atoms in total. The molecule has 100 valence electrons. The van der Waals surface area contributed by atoms with Crippen molar-refractivity contribution >= 4 is 11.9 Å². The van der Waals surface area contributed by atoms with Gasteiger partial charge in [-0.25, -0.2) is 0 Å². The zero-order valence-electron chi connectivity index (χ0n) is 10.9. The standard InChI is InChI=1S/C14H20O4/c1-11-6-5-9-14(2,10-11)18-13(17)8-4-3-7-12(15)16/h5-6,9H,3-4,7-8,10H2,1-2H3,(H,15,16). The third-order valence-corrected chi connectivity index (χ3v) is 2.83. The Hall–Kier alpha value is -1.58. The molecule has 1 aliphatic rings. The second kappa shape index (κ2) is 6.38. The van der Waals surface area contributed by atoms with Gasteiger partial charge in [-0.05, 0) is 32.8 Å². The molecule has 1 atom stereocenters. The minimum Gasteiger partial charge on any atom is -0.481 e. The smallest absolute Gasteiger partial charge is 0.306 e. The molecule has 0 saturated carbocycles. The SMILES string of the molecule is CC1=CC=CC(C)(OC(=O)CCCCC(=O)O)C1. The summed E-state index contributed by atoms with van der Waals surface area (Å²) in [7, 11) is 0. The van der Waals surface area contributed by atoms with Crippen molar-refractivity contribution in [3.8, 4) is 0 Å². The number of ether oxygens (including phenoxy) is 1. The molecule has 0 amide bonds. The van der Waals surface area contributed by atoms with Crippen LogP contribution in [0.1, 0.15) is 46.0 Å². The fourth-order valence-corrected chi connectivity index (χ4v) is 2.01. The third kappa shape index (κ3) is 5.17. The summed E-state index contributed by atoms with van der Waals surface area (Å²) < 4.78 is 5.44. The highest BCUT2D eigenvalue weighted by atomic mass is 16.6. The maximum absolute atomic E-state index is 11.6. The van der Waals surface area contributed by atoms with Crippen molar-refractivity contribution in [3.63, 3.8) is 0 Å². The first-order chi connectivity index (χ1) is 8.41. The van der Waals surface area contributed by atoms with E-state index in [-0.39, 0.29) is 18.8 Å². The van der Waals surface area contributed by atoms with E-state index in [9.17, 15) is 9.59 Å². The van der Waals surface area contributed by atoms with Gasteiger partial charge in [-0.1, -0.05) is 17.7 Å². The van der Waals surface area contributed by atoms with Crippen LogP contribution >= 0.6 is 0 Å². The van der Waals surface area contributed by atoms with Crippen LogP contribution in [0.15, 0.2) is 23.8 Å². The number of carboxylic acid groups (broad SMARTS) is 1. The molecule has 0 radical (unpaired) electrons. The summed E-state index contributed by atoms with van der Waals surface area (Å²) in [6.45, 7) is 3.89. The van der Waals surface area contributed by atoms with Crippen molar-refractivity contribution in [2.45, 2.75) is 51.6 Å². The summed E-state index contributed by atoms with van der Waals surface area (Å²) in [6, 6.07) is 0. The van der Waals surface area contributed by atoms with E-state index < -0.39 is 11.6 Å². The van der Waals surface area contributed by atoms with E-state index in [1.54, 1.807) is 0 Å². The monoisotopic (exact) mass is 252 g/mol. The van der Waals surface area contributed by atoms with Gasteiger partial charge in [-0.2, -0.15) is 0 Å². The van der Waals surface area contributed by atoms with Crippen LogP contribution in [0.25, 0.3) is 0 Å². The normalized spacial score (nSPS) is 22.4. The molecule has 0 aromatic carbocycles. The second-order valence-corrected chi connectivity index (χ2v) is 4.94. The molecule has 0 heterocycles. The zero-order chi connectivity index (χ0) is 13.6. The average Bonchev–Trinajstić information content (AvgIpc) is 2.23. The van der Waals surface area contributed by atoms with Crippen LogP contribution in [0.2, 0.25) is 0 Å². The lowest BCUT2D eigenvalue weighted by atomic mass is 9.92. The molecule has 0 saturated heterocycles. The van der Waals surface area contributed by atoms with Gasteiger partial charge in [0.2, 0.25) is 0 Å². The summed E-state index contributed by atoms with van der Waals surface area (Å²) in [4.78, 5) is 22.0. The summed E-state index contributed by atoms with van der Waals surface area (Å²) in [5.41, 5.74) is 0.626. The molecule has 0 aromatic heterocycles. The molecular weight excluding hydrogens is 232 g/mol. The van der Waals surface area contributed by atoms with Gasteiger partial charge in [0.05, 0.1) is 0 Å². The summed E-state index contributed by atoms with van der Waals surface area (Å²) in [5, 5.41) is 8.48. The lowest BCUT2D eigenvalue weighted by Crippen LogP contribution is -2.30. The summed E-state index contributed by atoms with van der Waals surface area (Å²) in [6.07, 6.45) is 7.94. The average molecular weight is 252 g/mol. The maximum atomic E-state index is 11.6. The van der Waals surface area contributed by atoms with E-state index in [1.807, 2.05) is 32.1 Å². The number of unbranched alkanes of at least 4 members (excludes halogenated alkanes) is 1. The Bertz CT molecular complexity index is 381. The van der Waals surface area contributed by atoms with E-state index in [0.717, 1.165) is 0 Å². The van der Waals surface area contributed by atoms with Crippen LogP contribution in [-0.2, 0) is 14.3 Å². The highest BCUT2D eigenvalue weighted by Crippen LogP contribution is 2.26. The van der Waals surface area contributed by atoms with Gasteiger partial charge in [0.15, 0.2) is 0 Å². The minimum absolute atomic E-state index is 0.103. The molecule has 0 fully saturated rings. The number of carbonyl (C=O) groups is 2. The lowest BCUT2D eigenvalue weighted by molar-refractivity contribution is -0.154. The van der Waals surface area contributed by atoms with E-state index >= 15 is 0 Å². The molecule has 1 unspecified atom stereocenters. The number of carboxylic acids is 1. The van der Waals surface area contributed by atoms with Crippen LogP contribution < -0.4 is 0 Å². The van der Waals surface area contributed by atoms with Crippen molar-refractivity contribution < 1.29 is 19.4 Å². The highest BCUT2D eigenvalue weighted by Gasteiger charge is 2.27. The van der Waals surface area contributed by atoms with Gasteiger partial charge in [-0.15, -0.1) is 0 Å². The van der Waals surface area contributed by atoms with Crippen molar-refractivity contribution in [2.75, 3.05) is 0 Å². The summed E-state index contributed by atoms with van der Waals surface area (Å²) in [5.74, 6) is -1.09. The molecule has 0 aromatic rings. The van der Waals surface area contributed by atoms with E-state index in [1.165, 1.54) is 5.57 Å². The van der Waals surface area contributed by atoms with Gasteiger partial charge in [0, 0.05) is 19.3 Å².